The fourth-order valence-corrected chi connectivity index (χ4v) is 1.49. The number of rotatable bonds is 3. The predicted molar refractivity (Wildman–Crippen MR) is 54.3 cm³/mol. The van der Waals surface area contributed by atoms with Gasteiger partial charge in [0.1, 0.15) is 12.1 Å². The van der Waals surface area contributed by atoms with Crippen molar-refractivity contribution in [1.29, 1.82) is 0 Å². The van der Waals surface area contributed by atoms with Gasteiger partial charge in [-0.1, -0.05) is 6.92 Å². The lowest BCUT2D eigenvalue weighted by Gasteiger charge is -2.05. The van der Waals surface area contributed by atoms with Crippen molar-refractivity contribution in [3.05, 3.63) is 28.4 Å². The van der Waals surface area contributed by atoms with E-state index >= 15 is 0 Å². The van der Waals surface area contributed by atoms with Crippen LogP contribution in [0.5, 0.6) is 0 Å². The van der Waals surface area contributed by atoms with Gasteiger partial charge >= 0.3 is 5.97 Å². The molecule has 2 aromatic rings. The molecule has 7 nitrogen and oxygen atoms in total. The van der Waals surface area contributed by atoms with Gasteiger partial charge in [-0.2, -0.15) is 10.2 Å². The maximum absolute atomic E-state index is 11.8. The molecule has 0 aromatic carbocycles. The van der Waals surface area contributed by atoms with E-state index in [4.69, 9.17) is 5.11 Å². The Balaban J connectivity index is 2.71. The van der Waals surface area contributed by atoms with E-state index in [0.717, 1.165) is 4.68 Å². The maximum atomic E-state index is 11.8. The van der Waals surface area contributed by atoms with Crippen LogP contribution in [0.3, 0.4) is 0 Å². The number of hydrogen-bond acceptors (Lipinski definition) is 4. The largest absolute Gasteiger partial charge is 0.480 e. The molecular weight excluding hydrogens is 212 g/mol. The average molecular weight is 222 g/mol. The zero-order valence-electron chi connectivity index (χ0n) is 8.62. The zero-order valence-corrected chi connectivity index (χ0v) is 8.62. The minimum atomic E-state index is -1.10. The van der Waals surface area contributed by atoms with E-state index in [9.17, 15) is 9.59 Å². The van der Waals surface area contributed by atoms with Gasteiger partial charge in [-0.15, -0.1) is 0 Å². The van der Waals surface area contributed by atoms with E-state index in [0.29, 0.717) is 17.8 Å². The first kappa shape index (κ1) is 10.3. The molecule has 0 amide bonds. The van der Waals surface area contributed by atoms with E-state index in [2.05, 4.69) is 10.2 Å². The van der Waals surface area contributed by atoms with Gasteiger partial charge in [0.05, 0.1) is 6.20 Å². The molecule has 84 valence electrons. The van der Waals surface area contributed by atoms with Crippen LogP contribution in [-0.2, 0) is 17.8 Å². The Kier molecular flexibility index (Phi) is 2.43. The van der Waals surface area contributed by atoms with Crippen LogP contribution in [0.25, 0.3) is 5.52 Å². The number of carboxylic acid groups (broad SMARTS) is 1. The molecule has 2 rings (SSSR count). The van der Waals surface area contributed by atoms with Crippen LogP contribution in [-0.4, -0.2) is 30.5 Å². The summed E-state index contributed by atoms with van der Waals surface area (Å²) >= 11 is 0. The summed E-state index contributed by atoms with van der Waals surface area (Å²) in [5.74, 6) is -0.540. The highest BCUT2D eigenvalue weighted by Crippen LogP contribution is 1.99. The quantitative estimate of drug-likeness (QED) is 0.758. The Hall–Kier alpha value is -2.18. The molecule has 0 bridgehead atoms. The molecule has 2 heterocycles. The summed E-state index contributed by atoms with van der Waals surface area (Å²) in [5.41, 5.74) is -0.106. The first-order chi connectivity index (χ1) is 7.63. The van der Waals surface area contributed by atoms with Crippen LogP contribution < -0.4 is 5.56 Å². The third kappa shape index (κ3) is 1.56. The topological polar surface area (TPSA) is 89.5 Å². The molecular formula is C9H10N4O3. The van der Waals surface area contributed by atoms with Gasteiger partial charge < -0.3 is 5.11 Å². The summed E-state index contributed by atoms with van der Waals surface area (Å²) in [4.78, 5) is 22.3. The molecule has 2 aromatic heterocycles. The highest BCUT2D eigenvalue weighted by Gasteiger charge is 2.11. The van der Waals surface area contributed by atoms with Gasteiger partial charge in [0.25, 0.3) is 5.56 Å². The van der Waals surface area contributed by atoms with Crippen LogP contribution in [0.1, 0.15) is 12.7 Å². The number of aromatic nitrogens is 4. The molecule has 0 saturated carbocycles. The van der Waals surface area contributed by atoms with Crippen molar-refractivity contribution >= 4 is 11.5 Å². The van der Waals surface area contributed by atoms with E-state index in [1.165, 1.54) is 10.7 Å². The second-order valence-corrected chi connectivity index (χ2v) is 3.25. The molecule has 0 fully saturated rings. The molecule has 0 aliphatic rings. The summed E-state index contributed by atoms with van der Waals surface area (Å²) in [6.07, 6.45) is 2.06. The SMILES string of the molecule is CCc1nn(CC(=O)O)c(=O)c2ccnn12. The third-order valence-electron chi connectivity index (χ3n) is 2.18. The van der Waals surface area contributed by atoms with Gasteiger partial charge in [0.15, 0.2) is 5.82 Å². The number of fused-ring (bicyclic) bond motifs is 1. The molecule has 7 heteroatoms. The van der Waals surface area contributed by atoms with Crippen LogP contribution in [0, 0.1) is 0 Å². The Morgan fingerprint density at radius 3 is 2.94 bits per heavy atom. The van der Waals surface area contributed by atoms with E-state index in [1.54, 1.807) is 6.07 Å². The van der Waals surface area contributed by atoms with Gasteiger partial charge in [-0.3, -0.25) is 9.59 Å². The van der Waals surface area contributed by atoms with Crippen molar-refractivity contribution < 1.29 is 9.90 Å². The molecule has 0 unspecified atom stereocenters. The third-order valence-corrected chi connectivity index (χ3v) is 2.18. The Labute approximate surface area is 89.9 Å². The van der Waals surface area contributed by atoms with Crippen molar-refractivity contribution in [2.24, 2.45) is 0 Å². The van der Waals surface area contributed by atoms with Gasteiger partial charge in [0.2, 0.25) is 0 Å². The lowest BCUT2D eigenvalue weighted by molar-refractivity contribution is -0.138. The second-order valence-electron chi connectivity index (χ2n) is 3.25. The molecule has 16 heavy (non-hydrogen) atoms. The maximum Gasteiger partial charge on any atom is 0.325 e. The van der Waals surface area contributed by atoms with Crippen molar-refractivity contribution in [2.75, 3.05) is 0 Å². The highest BCUT2D eigenvalue weighted by molar-refractivity contribution is 5.66. The number of hydrogen-bond donors (Lipinski definition) is 1. The van der Waals surface area contributed by atoms with Crippen LogP contribution in [0.15, 0.2) is 17.1 Å². The number of aryl methyl sites for hydroxylation is 1. The van der Waals surface area contributed by atoms with Crippen molar-refractivity contribution in [3.8, 4) is 0 Å². The Morgan fingerprint density at radius 1 is 1.56 bits per heavy atom. The molecule has 0 aliphatic heterocycles. The van der Waals surface area contributed by atoms with Gasteiger partial charge in [0, 0.05) is 6.42 Å². The van der Waals surface area contributed by atoms with Crippen LogP contribution in [0.4, 0.5) is 0 Å². The second kappa shape index (κ2) is 3.76. The molecule has 0 spiro atoms. The van der Waals surface area contributed by atoms with Crippen molar-refractivity contribution in [1.82, 2.24) is 19.4 Å². The summed E-state index contributed by atoms with van der Waals surface area (Å²) < 4.78 is 2.37. The zero-order chi connectivity index (χ0) is 11.7. The minimum Gasteiger partial charge on any atom is -0.480 e. The first-order valence-electron chi connectivity index (χ1n) is 4.79. The van der Waals surface area contributed by atoms with Crippen molar-refractivity contribution in [2.45, 2.75) is 19.9 Å². The summed E-state index contributed by atoms with van der Waals surface area (Å²) in [5, 5.41) is 16.6. The Bertz CT molecular complexity index is 598. The van der Waals surface area contributed by atoms with Gasteiger partial charge in [-0.25, -0.2) is 9.20 Å². The molecule has 0 saturated heterocycles. The van der Waals surface area contributed by atoms with Crippen LogP contribution in [0.2, 0.25) is 0 Å². The average Bonchev–Trinajstić information content (AvgIpc) is 2.70. The summed E-state index contributed by atoms with van der Waals surface area (Å²) in [6, 6.07) is 1.54. The van der Waals surface area contributed by atoms with E-state index < -0.39 is 18.1 Å². The monoisotopic (exact) mass is 222 g/mol. The number of aliphatic carboxylic acids is 1. The first-order valence-corrected chi connectivity index (χ1v) is 4.79. The Morgan fingerprint density at radius 2 is 2.31 bits per heavy atom. The lowest BCUT2D eigenvalue weighted by atomic mass is 10.4. The van der Waals surface area contributed by atoms with E-state index in [-0.39, 0.29) is 0 Å². The lowest BCUT2D eigenvalue weighted by Crippen LogP contribution is -2.30. The fourth-order valence-electron chi connectivity index (χ4n) is 1.49. The molecule has 0 atom stereocenters. The molecule has 0 aliphatic carbocycles. The van der Waals surface area contributed by atoms with Crippen molar-refractivity contribution in [3.63, 3.8) is 0 Å². The molecule has 0 radical (unpaired) electrons. The summed E-state index contributed by atoms with van der Waals surface area (Å²) in [7, 11) is 0. The minimum absolute atomic E-state index is 0.341. The fraction of sp³-hybridized carbons (Fsp3) is 0.333. The van der Waals surface area contributed by atoms with Gasteiger partial charge in [-0.05, 0) is 6.07 Å². The smallest absolute Gasteiger partial charge is 0.325 e. The molecule has 1 N–H and O–H groups in total. The highest BCUT2D eigenvalue weighted by atomic mass is 16.4. The van der Waals surface area contributed by atoms with E-state index in [1.807, 2.05) is 6.92 Å². The summed E-state index contributed by atoms with van der Waals surface area (Å²) in [6.45, 7) is 1.42. The normalized spacial score (nSPS) is 10.8. The number of carbonyl (C=O) groups is 1. The number of nitrogens with zero attached hydrogens (tertiary/aromatic N) is 4. The standard InChI is InChI=1S/C9H10N4O3/c1-2-7-11-12(5-8(14)15)9(16)6-3-4-10-13(6)7/h3-4H,2,5H2,1H3,(H,14,15). The number of carboxylic acids is 1. The predicted octanol–water partition coefficient (Wildman–Crippen LogP) is -0.462. The van der Waals surface area contributed by atoms with Crippen LogP contribution >= 0.6 is 0 Å².